The number of hydrogen-bond donors (Lipinski definition) is 0. The molecule has 0 aliphatic rings. The Morgan fingerprint density at radius 3 is 1.32 bits per heavy atom. The van der Waals surface area contributed by atoms with Crippen molar-refractivity contribution in [3.8, 4) is 0 Å². The summed E-state index contributed by atoms with van der Waals surface area (Å²) in [5, 5.41) is 0. The Morgan fingerprint density at radius 2 is 1.16 bits per heavy atom. The molecule has 2 heterocycles. The van der Waals surface area contributed by atoms with Crippen LogP contribution in [0.25, 0.3) is 0 Å². The molecule has 0 radical (unpaired) electrons. The zero-order valence-electron chi connectivity index (χ0n) is 12.4. The molecule has 2 aromatic heterocycles. The summed E-state index contributed by atoms with van der Waals surface area (Å²) in [6.45, 7) is 8.51. The Balaban J connectivity index is 0.000000324. The molecule has 2 aromatic rings. The second kappa shape index (κ2) is 10.0. The average Bonchev–Trinajstić information content (AvgIpc) is 3.07. The van der Waals surface area contributed by atoms with Crippen LogP contribution < -0.4 is 0 Å². The van der Waals surface area contributed by atoms with E-state index in [2.05, 4.69) is 61.9 Å². The third kappa shape index (κ3) is 6.25. The summed E-state index contributed by atoms with van der Waals surface area (Å²) in [6.07, 6.45) is 4.22. The first-order valence-electron chi connectivity index (χ1n) is 6.96. The second-order valence-corrected chi connectivity index (χ2v) is 4.27. The van der Waals surface area contributed by atoms with Crippen LogP contribution in [-0.4, -0.2) is 9.97 Å². The largest absolute Gasteiger partial charge is 2.00 e. The summed E-state index contributed by atoms with van der Waals surface area (Å²) < 4.78 is 0. The SMILES string of the molecule is CCc1cc[c-](CC)n1.CCc1cc[c-](CC)n1.[Ru+2]. The predicted molar refractivity (Wildman–Crippen MR) is 77.2 cm³/mol. The predicted octanol–water partition coefficient (Wildman–Crippen LogP) is 3.85. The average molecular weight is 345 g/mol. The minimum absolute atomic E-state index is 0. The molecule has 0 N–H and O–H groups in total. The van der Waals surface area contributed by atoms with Crippen LogP contribution in [0, 0.1) is 0 Å². The molecule has 0 aromatic carbocycles. The molecular formula is C16H24N2Ru. The number of nitrogens with zero attached hydrogens (tertiary/aromatic N) is 2. The molecule has 0 aliphatic heterocycles. The van der Waals surface area contributed by atoms with Gasteiger partial charge in [0.1, 0.15) is 0 Å². The van der Waals surface area contributed by atoms with Crippen molar-refractivity contribution in [2.24, 2.45) is 0 Å². The fourth-order valence-corrected chi connectivity index (χ4v) is 1.69. The fraction of sp³-hybridized carbons (Fsp3) is 0.500. The standard InChI is InChI=1S/2C8H12N.Ru/c2*1-3-7-5-6-8(4-2)9-7;/h2*5-6H,3-4H2,1-2H3;/q2*-1;+2. The van der Waals surface area contributed by atoms with E-state index in [9.17, 15) is 0 Å². The van der Waals surface area contributed by atoms with Crippen LogP contribution in [0.3, 0.4) is 0 Å². The summed E-state index contributed by atoms with van der Waals surface area (Å²) in [4.78, 5) is 8.69. The molecule has 2 nitrogen and oxygen atoms in total. The number of rotatable bonds is 4. The van der Waals surface area contributed by atoms with Crippen molar-refractivity contribution in [1.82, 2.24) is 9.97 Å². The van der Waals surface area contributed by atoms with E-state index in [1.165, 1.54) is 22.8 Å². The van der Waals surface area contributed by atoms with Gasteiger partial charge in [-0.15, -0.1) is 11.4 Å². The maximum absolute atomic E-state index is 4.35. The van der Waals surface area contributed by atoms with Crippen molar-refractivity contribution in [2.45, 2.75) is 53.4 Å². The van der Waals surface area contributed by atoms with Crippen molar-refractivity contribution >= 4 is 0 Å². The summed E-state index contributed by atoms with van der Waals surface area (Å²) in [5.41, 5.74) is 4.86. The van der Waals surface area contributed by atoms with Gasteiger partial charge in [-0.2, -0.15) is 24.3 Å². The molecule has 0 aliphatic carbocycles. The molecule has 0 saturated carbocycles. The normalized spacial score (nSPS) is 9.47. The van der Waals surface area contributed by atoms with Crippen molar-refractivity contribution in [2.75, 3.05) is 0 Å². The number of aromatic nitrogens is 2. The van der Waals surface area contributed by atoms with Crippen LogP contribution in [0.1, 0.15) is 50.5 Å². The van der Waals surface area contributed by atoms with E-state index >= 15 is 0 Å². The summed E-state index contributed by atoms with van der Waals surface area (Å²) >= 11 is 0. The molecular weight excluding hydrogens is 321 g/mol. The smallest absolute Gasteiger partial charge is 0.396 e. The fourth-order valence-electron chi connectivity index (χ4n) is 1.69. The molecule has 0 saturated heterocycles. The van der Waals surface area contributed by atoms with Crippen LogP contribution in [0.4, 0.5) is 0 Å². The van der Waals surface area contributed by atoms with Gasteiger partial charge in [-0.3, -0.25) is 0 Å². The number of hydrogen-bond acceptors (Lipinski definition) is 2. The Hall–Kier alpha value is -0.817. The van der Waals surface area contributed by atoms with E-state index in [0.717, 1.165) is 25.7 Å². The molecule has 0 amide bonds. The van der Waals surface area contributed by atoms with Gasteiger partial charge >= 0.3 is 19.5 Å². The Bertz CT molecular complexity index is 364. The van der Waals surface area contributed by atoms with E-state index in [1.807, 2.05) is 0 Å². The van der Waals surface area contributed by atoms with E-state index in [-0.39, 0.29) is 19.5 Å². The van der Waals surface area contributed by atoms with Gasteiger partial charge < -0.3 is 9.97 Å². The summed E-state index contributed by atoms with van der Waals surface area (Å²) in [5.74, 6) is 0. The van der Waals surface area contributed by atoms with Gasteiger partial charge in [0, 0.05) is 0 Å². The Labute approximate surface area is 130 Å². The van der Waals surface area contributed by atoms with Gasteiger partial charge in [-0.25, -0.2) is 0 Å². The van der Waals surface area contributed by atoms with Crippen molar-refractivity contribution in [3.05, 3.63) is 47.0 Å². The van der Waals surface area contributed by atoms with Crippen molar-refractivity contribution in [1.29, 1.82) is 0 Å². The Kier molecular flexibility index (Phi) is 9.60. The van der Waals surface area contributed by atoms with Gasteiger partial charge in [-0.1, -0.05) is 64.8 Å². The zero-order valence-corrected chi connectivity index (χ0v) is 14.1. The molecule has 0 atom stereocenters. The molecule has 19 heavy (non-hydrogen) atoms. The maximum atomic E-state index is 4.35. The molecule has 2 rings (SSSR count). The van der Waals surface area contributed by atoms with Crippen LogP contribution in [-0.2, 0) is 45.2 Å². The quantitative estimate of drug-likeness (QED) is 0.621. The second-order valence-electron chi connectivity index (χ2n) is 4.27. The van der Waals surface area contributed by atoms with Crippen LogP contribution in [0.2, 0.25) is 0 Å². The summed E-state index contributed by atoms with van der Waals surface area (Å²) in [6, 6.07) is 8.38. The van der Waals surface area contributed by atoms with Crippen LogP contribution in [0.5, 0.6) is 0 Å². The molecule has 0 spiro atoms. The first-order valence-corrected chi connectivity index (χ1v) is 6.96. The first-order chi connectivity index (χ1) is 8.73. The van der Waals surface area contributed by atoms with Gasteiger partial charge in [-0.05, 0) is 0 Å². The van der Waals surface area contributed by atoms with Gasteiger partial charge in [0.05, 0.1) is 0 Å². The van der Waals surface area contributed by atoms with E-state index in [4.69, 9.17) is 0 Å². The van der Waals surface area contributed by atoms with Gasteiger partial charge in [0.2, 0.25) is 0 Å². The molecule has 0 unspecified atom stereocenters. The van der Waals surface area contributed by atoms with Gasteiger partial charge in [0.15, 0.2) is 0 Å². The molecule has 3 heteroatoms. The minimum atomic E-state index is 0. The molecule has 0 bridgehead atoms. The van der Waals surface area contributed by atoms with Gasteiger partial charge in [0.25, 0.3) is 0 Å². The van der Waals surface area contributed by atoms with E-state index < -0.39 is 0 Å². The van der Waals surface area contributed by atoms with Crippen LogP contribution >= 0.6 is 0 Å². The van der Waals surface area contributed by atoms with Crippen molar-refractivity contribution < 1.29 is 19.5 Å². The third-order valence-electron chi connectivity index (χ3n) is 2.96. The van der Waals surface area contributed by atoms with Crippen molar-refractivity contribution in [3.63, 3.8) is 0 Å². The topological polar surface area (TPSA) is 25.8 Å². The number of aryl methyl sites for hydroxylation is 4. The molecule has 106 valence electrons. The van der Waals surface area contributed by atoms with Crippen LogP contribution in [0.15, 0.2) is 24.3 Å². The van der Waals surface area contributed by atoms with E-state index in [1.54, 1.807) is 0 Å². The first kappa shape index (κ1) is 18.2. The zero-order chi connectivity index (χ0) is 13.4. The third-order valence-corrected chi connectivity index (χ3v) is 2.96. The maximum Gasteiger partial charge on any atom is 2.00 e. The summed E-state index contributed by atoms with van der Waals surface area (Å²) in [7, 11) is 0. The molecule has 0 fully saturated rings. The monoisotopic (exact) mass is 346 g/mol. The minimum Gasteiger partial charge on any atom is -0.396 e. The Morgan fingerprint density at radius 1 is 0.789 bits per heavy atom. The van der Waals surface area contributed by atoms with E-state index in [0.29, 0.717) is 0 Å².